The fraction of sp³-hybridized carbons (Fsp3) is 0.250. The zero-order chi connectivity index (χ0) is 5.70. The van der Waals surface area contributed by atoms with E-state index in [9.17, 15) is 0 Å². The molecule has 0 amide bonds. The Morgan fingerprint density at radius 3 is 2.71 bits per heavy atom. The lowest BCUT2D eigenvalue weighted by molar-refractivity contribution is 0.881. The zero-order valence-electron chi connectivity index (χ0n) is 4.31. The van der Waals surface area contributed by atoms with Crippen molar-refractivity contribution in [3.05, 3.63) is 12.4 Å². The molecule has 0 spiro atoms. The van der Waals surface area contributed by atoms with Crippen LogP contribution in [0.15, 0.2) is 17.5 Å². The molecule has 0 aromatic rings. The average Bonchev–Trinajstić information content (AvgIpc) is 1.61. The topological polar surface area (TPSA) is 50.4 Å². The summed E-state index contributed by atoms with van der Waals surface area (Å²) in [6, 6.07) is 0. The molecular formula is C4H9N3. The lowest BCUT2D eigenvalue weighted by Crippen LogP contribution is -2.11. The third-order valence-corrected chi connectivity index (χ3v) is 0.337. The lowest BCUT2D eigenvalue weighted by Gasteiger charge is -1.91. The first kappa shape index (κ1) is 6.01. The van der Waals surface area contributed by atoms with Crippen molar-refractivity contribution in [2.45, 2.75) is 6.92 Å². The number of rotatable bonds is 2. The van der Waals surface area contributed by atoms with E-state index >= 15 is 0 Å². The molecule has 0 rings (SSSR count). The summed E-state index contributed by atoms with van der Waals surface area (Å²) < 4.78 is 0. The number of hydrogen-bond acceptors (Lipinski definition) is 3. The van der Waals surface area contributed by atoms with Gasteiger partial charge < -0.3 is 5.73 Å². The van der Waals surface area contributed by atoms with Crippen molar-refractivity contribution in [3.8, 4) is 0 Å². The van der Waals surface area contributed by atoms with E-state index in [1.54, 1.807) is 13.1 Å². The molecule has 0 aromatic carbocycles. The Morgan fingerprint density at radius 2 is 2.57 bits per heavy atom. The van der Waals surface area contributed by atoms with Gasteiger partial charge in [0.05, 0.1) is 0 Å². The van der Waals surface area contributed by atoms with Gasteiger partial charge in [0.2, 0.25) is 0 Å². The number of hydrogen-bond donors (Lipinski definition) is 2. The molecule has 0 radical (unpaired) electrons. The van der Waals surface area contributed by atoms with Crippen LogP contribution in [0.5, 0.6) is 0 Å². The highest BCUT2D eigenvalue weighted by atomic mass is 15.3. The van der Waals surface area contributed by atoms with Crippen molar-refractivity contribution in [3.63, 3.8) is 0 Å². The van der Waals surface area contributed by atoms with Gasteiger partial charge in [-0.25, -0.2) is 0 Å². The summed E-state index contributed by atoms with van der Waals surface area (Å²) in [4.78, 5) is 0. The van der Waals surface area contributed by atoms with Crippen molar-refractivity contribution in [1.82, 2.24) is 5.43 Å². The molecular weight excluding hydrogens is 90.1 g/mol. The second-order valence-corrected chi connectivity index (χ2v) is 1.02. The summed E-state index contributed by atoms with van der Waals surface area (Å²) in [5, 5.41) is 3.57. The van der Waals surface area contributed by atoms with Crippen LogP contribution in [0.3, 0.4) is 0 Å². The third-order valence-electron chi connectivity index (χ3n) is 0.337. The molecule has 0 aliphatic heterocycles. The maximum absolute atomic E-state index is 5.06. The maximum atomic E-state index is 5.06. The quantitative estimate of drug-likeness (QED) is 0.378. The summed E-state index contributed by atoms with van der Waals surface area (Å²) >= 11 is 0. The first-order chi connectivity index (χ1) is 3.27. The van der Waals surface area contributed by atoms with E-state index in [1.165, 1.54) is 0 Å². The Labute approximate surface area is 42.9 Å². The molecule has 0 saturated carbocycles. The molecule has 0 saturated heterocycles. The minimum absolute atomic E-state index is 0.359. The summed E-state index contributed by atoms with van der Waals surface area (Å²) in [5.41, 5.74) is 7.51. The van der Waals surface area contributed by atoms with Gasteiger partial charge in [0.25, 0.3) is 0 Å². The lowest BCUT2D eigenvalue weighted by atomic mass is 10.9. The molecule has 3 heteroatoms. The normalized spacial score (nSPS) is 9.29. The van der Waals surface area contributed by atoms with Crippen molar-refractivity contribution in [1.29, 1.82) is 0 Å². The molecule has 3 nitrogen and oxygen atoms in total. The minimum Gasteiger partial charge on any atom is -0.385 e. The Morgan fingerprint density at radius 1 is 2.00 bits per heavy atom. The van der Waals surface area contributed by atoms with Gasteiger partial charge in [0, 0.05) is 6.21 Å². The van der Waals surface area contributed by atoms with Crippen LogP contribution in [0.25, 0.3) is 0 Å². The molecule has 0 atom stereocenters. The molecule has 0 aliphatic rings. The van der Waals surface area contributed by atoms with Crippen molar-refractivity contribution < 1.29 is 0 Å². The highest BCUT2D eigenvalue weighted by molar-refractivity contribution is 5.52. The van der Waals surface area contributed by atoms with Gasteiger partial charge in [0.1, 0.15) is 5.82 Å². The van der Waals surface area contributed by atoms with Gasteiger partial charge >= 0.3 is 0 Å². The fourth-order valence-electron chi connectivity index (χ4n) is 0.147. The largest absolute Gasteiger partial charge is 0.385 e. The van der Waals surface area contributed by atoms with E-state index in [0.29, 0.717) is 5.82 Å². The predicted octanol–water partition coefficient (Wildman–Crippen LogP) is 0.0116. The highest BCUT2D eigenvalue weighted by Gasteiger charge is 1.69. The molecule has 0 unspecified atom stereocenters. The van der Waals surface area contributed by atoms with Crippen molar-refractivity contribution >= 4 is 6.21 Å². The predicted molar refractivity (Wildman–Crippen MR) is 30.6 cm³/mol. The van der Waals surface area contributed by atoms with Crippen LogP contribution in [0, 0.1) is 0 Å². The minimum atomic E-state index is 0.359. The maximum Gasteiger partial charge on any atom is 0.109 e. The Bertz CT molecular complexity index is 84.9. The van der Waals surface area contributed by atoms with Crippen LogP contribution in [0.2, 0.25) is 0 Å². The molecule has 0 fully saturated rings. The van der Waals surface area contributed by atoms with E-state index in [1.807, 2.05) is 0 Å². The van der Waals surface area contributed by atoms with E-state index in [-0.39, 0.29) is 0 Å². The van der Waals surface area contributed by atoms with E-state index < -0.39 is 0 Å². The van der Waals surface area contributed by atoms with E-state index in [0.717, 1.165) is 0 Å². The SMILES string of the molecule is C=C(N)N/N=C\C. The number of nitrogens with one attached hydrogen (secondary N) is 1. The van der Waals surface area contributed by atoms with Gasteiger partial charge in [-0.05, 0) is 6.92 Å². The van der Waals surface area contributed by atoms with Crippen molar-refractivity contribution in [2.24, 2.45) is 10.8 Å². The standard InChI is InChI=1S/C4H9N3/c1-3-6-7-4(2)5/h3,7H,2,5H2,1H3/b6-3-. The zero-order valence-corrected chi connectivity index (χ0v) is 4.31. The number of nitrogens with two attached hydrogens (primary N) is 1. The van der Waals surface area contributed by atoms with Crippen LogP contribution >= 0.6 is 0 Å². The van der Waals surface area contributed by atoms with Gasteiger partial charge in [-0.15, -0.1) is 0 Å². The number of nitrogens with zero attached hydrogens (tertiary/aromatic N) is 1. The smallest absolute Gasteiger partial charge is 0.109 e. The van der Waals surface area contributed by atoms with Crippen molar-refractivity contribution in [2.75, 3.05) is 0 Å². The van der Waals surface area contributed by atoms with Gasteiger partial charge in [0.15, 0.2) is 0 Å². The second-order valence-electron chi connectivity index (χ2n) is 1.02. The van der Waals surface area contributed by atoms with Gasteiger partial charge in [-0.3, -0.25) is 5.43 Å². The molecule has 3 N–H and O–H groups in total. The first-order valence-electron chi connectivity index (χ1n) is 1.95. The van der Waals surface area contributed by atoms with Gasteiger partial charge in [-0.1, -0.05) is 6.58 Å². The summed E-state index contributed by atoms with van der Waals surface area (Å²) in [7, 11) is 0. The summed E-state index contributed by atoms with van der Waals surface area (Å²) in [6.45, 7) is 5.13. The first-order valence-corrected chi connectivity index (χ1v) is 1.95. The monoisotopic (exact) mass is 99.1 g/mol. The van der Waals surface area contributed by atoms with Gasteiger partial charge in [-0.2, -0.15) is 5.10 Å². The molecule has 7 heavy (non-hydrogen) atoms. The van der Waals surface area contributed by atoms with Crippen LogP contribution in [-0.2, 0) is 0 Å². The molecule has 0 aromatic heterocycles. The van der Waals surface area contributed by atoms with Crippen LogP contribution in [0.4, 0.5) is 0 Å². The molecule has 0 bridgehead atoms. The Kier molecular flexibility index (Phi) is 2.76. The molecule has 0 aliphatic carbocycles. The summed E-state index contributed by atoms with van der Waals surface area (Å²) in [6.07, 6.45) is 1.60. The van der Waals surface area contributed by atoms with E-state index in [4.69, 9.17) is 5.73 Å². The second kappa shape index (κ2) is 3.21. The molecule has 40 valence electrons. The molecule has 0 heterocycles. The average molecular weight is 99.1 g/mol. The Hall–Kier alpha value is -0.990. The Balaban J connectivity index is 3.14. The van der Waals surface area contributed by atoms with Crippen LogP contribution < -0.4 is 11.2 Å². The third kappa shape index (κ3) is 5.01. The number of hydrazone groups is 1. The van der Waals surface area contributed by atoms with E-state index in [2.05, 4.69) is 17.1 Å². The highest BCUT2D eigenvalue weighted by Crippen LogP contribution is 1.62. The van der Waals surface area contributed by atoms with Crippen LogP contribution in [-0.4, -0.2) is 6.21 Å². The summed E-state index contributed by atoms with van der Waals surface area (Å²) in [5.74, 6) is 0.359. The van der Waals surface area contributed by atoms with Crippen LogP contribution in [0.1, 0.15) is 6.92 Å². The fourth-order valence-corrected chi connectivity index (χ4v) is 0.147.